The molecular weight excluding hydrogens is 384 g/mol. The molecule has 7 heteroatoms. The van der Waals surface area contributed by atoms with Gasteiger partial charge in [-0.25, -0.2) is 4.98 Å². The Labute approximate surface area is 174 Å². The summed E-state index contributed by atoms with van der Waals surface area (Å²) in [5.41, 5.74) is 3.56. The zero-order valence-corrected chi connectivity index (χ0v) is 17.3. The van der Waals surface area contributed by atoms with Crippen LogP contribution in [0.2, 0.25) is 0 Å². The van der Waals surface area contributed by atoms with E-state index in [2.05, 4.69) is 46.6 Å². The molecule has 3 aromatic rings. The van der Waals surface area contributed by atoms with Crippen molar-refractivity contribution in [1.82, 2.24) is 20.6 Å². The first-order chi connectivity index (χ1) is 14.0. The Balaban J connectivity index is 1.45. The Morgan fingerprint density at radius 3 is 2.59 bits per heavy atom. The lowest BCUT2D eigenvalue weighted by molar-refractivity contribution is -0.121. The van der Waals surface area contributed by atoms with Crippen molar-refractivity contribution in [1.29, 1.82) is 0 Å². The quantitative estimate of drug-likeness (QED) is 0.594. The van der Waals surface area contributed by atoms with Crippen molar-refractivity contribution in [2.24, 2.45) is 0 Å². The molecule has 0 aliphatic heterocycles. The third-order valence-electron chi connectivity index (χ3n) is 4.41. The first kappa shape index (κ1) is 20.7. The number of thiazole rings is 1. The minimum absolute atomic E-state index is 0.127. The molecule has 0 aliphatic rings. The van der Waals surface area contributed by atoms with Gasteiger partial charge < -0.3 is 10.6 Å². The largest absolute Gasteiger partial charge is 0.352 e. The van der Waals surface area contributed by atoms with Crippen LogP contribution in [-0.2, 0) is 11.3 Å². The van der Waals surface area contributed by atoms with Crippen molar-refractivity contribution in [3.63, 3.8) is 0 Å². The van der Waals surface area contributed by atoms with E-state index in [1.54, 1.807) is 17.8 Å². The summed E-state index contributed by atoms with van der Waals surface area (Å²) in [5.74, 6) is 0.0768. The summed E-state index contributed by atoms with van der Waals surface area (Å²) in [6.45, 7) is 4.99. The van der Waals surface area contributed by atoms with Crippen LogP contribution >= 0.6 is 11.3 Å². The Kier molecular flexibility index (Phi) is 7.08. The van der Waals surface area contributed by atoms with Gasteiger partial charge in [-0.05, 0) is 23.1 Å². The lowest BCUT2D eigenvalue weighted by atomic mass is 10.0. The smallest absolute Gasteiger partial charge is 0.270 e. The number of nitrogens with one attached hydrogen (secondary N) is 2. The van der Waals surface area contributed by atoms with Gasteiger partial charge in [0.05, 0.1) is 0 Å². The van der Waals surface area contributed by atoms with E-state index in [4.69, 9.17) is 0 Å². The highest BCUT2D eigenvalue weighted by Gasteiger charge is 2.12. The van der Waals surface area contributed by atoms with E-state index in [1.807, 2.05) is 24.3 Å². The summed E-state index contributed by atoms with van der Waals surface area (Å²) in [6.07, 6.45) is 3.60. The van der Waals surface area contributed by atoms with Gasteiger partial charge in [0.1, 0.15) is 10.7 Å². The van der Waals surface area contributed by atoms with Crippen molar-refractivity contribution < 1.29 is 9.59 Å². The molecule has 0 atom stereocenters. The first-order valence-corrected chi connectivity index (χ1v) is 10.4. The summed E-state index contributed by atoms with van der Waals surface area (Å²) in [6, 6.07) is 12.0. The maximum atomic E-state index is 12.3. The third-order valence-corrected chi connectivity index (χ3v) is 5.30. The van der Waals surface area contributed by atoms with E-state index in [0.29, 0.717) is 18.2 Å². The molecule has 0 radical (unpaired) electrons. The molecule has 0 saturated carbocycles. The van der Waals surface area contributed by atoms with Crippen LogP contribution < -0.4 is 10.6 Å². The molecule has 3 rings (SSSR count). The summed E-state index contributed by atoms with van der Waals surface area (Å²) < 4.78 is 0. The molecule has 150 valence electrons. The number of amides is 2. The Morgan fingerprint density at radius 2 is 1.90 bits per heavy atom. The van der Waals surface area contributed by atoms with Crippen molar-refractivity contribution in [2.75, 3.05) is 6.54 Å². The minimum atomic E-state index is -0.272. The van der Waals surface area contributed by atoms with E-state index in [-0.39, 0.29) is 24.8 Å². The number of benzene rings is 1. The predicted octanol–water partition coefficient (Wildman–Crippen LogP) is 3.76. The topological polar surface area (TPSA) is 84.0 Å². The SMILES string of the molecule is CC(C)c1ccc(-c2nc(C(=O)NCCC(=O)NCc3cccnc3)cs2)cc1. The summed E-state index contributed by atoms with van der Waals surface area (Å²) in [7, 11) is 0. The van der Waals surface area contributed by atoms with E-state index in [1.165, 1.54) is 16.9 Å². The Hall–Kier alpha value is -3.06. The van der Waals surface area contributed by atoms with Gasteiger partial charge in [0.25, 0.3) is 5.91 Å². The van der Waals surface area contributed by atoms with Gasteiger partial charge in [-0.2, -0.15) is 0 Å². The molecule has 0 bridgehead atoms. The molecule has 1 aromatic carbocycles. The Morgan fingerprint density at radius 1 is 1.10 bits per heavy atom. The zero-order valence-electron chi connectivity index (χ0n) is 16.5. The number of carbonyl (C=O) groups is 2. The van der Waals surface area contributed by atoms with Gasteiger partial charge in [0.2, 0.25) is 5.91 Å². The van der Waals surface area contributed by atoms with Gasteiger partial charge in [-0.3, -0.25) is 14.6 Å². The molecule has 2 amide bonds. The average molecular weight is 409 g/mol. The number of carbonyl (C=O) groups excluding carboxylic acids is 2. The van der Waals surface area contributed by atoms with Crippen molar-refractivity contribution in [3.8, 4) is 10.6 Å². The number of hydrogen-bond donors (Lipinski definition) is 2. The summed E-state index contributed by atoms with van der Waals surface area (Å²) in [4.78, 5) is 32.6. The fourth-order valence-electron chi connectivity index (χ4n) is 2.69. The van der Waals surface area contributed by atoms with E-state index in [9.17, 15) is 9.59 Å². The average Bonchev–Trinajstić information content (AvgIpc) is 3.23. The third kappa shape index (κ3) is 5.96. The first-order valence-electron chi connectivity index (χ1n) is 9.52. The van der Waals surface area contributed by atoms with Crippen LogP contribution in [0.25, 0.3) is 10.6 Å². The molecule has 0 aliphatic carbocycles. The zero-order chi connectivity index (χ0) is 20.6. The molecule has 0 fully saturated rings. The van der Waals surface area contributed by atoms with Crippen LogP contribution in [0.4, 0.5) is 0 Å². The second-order valence-electron chi connectivity index (χ2n) is 6.96. The lowest BCUT2D eigenvalue weighted by Gasteiger charge is -2.06. The fraction of sp³-hybridized carbons (Fsp3) is 0.273. The second kappa shape index (κ2) is 9.93. The Bertz CT molecular complexity index is 952. The van der Waals surface area contributed by atoms with Crippen LogP contribution in [0, 0.1) is 0 Å². The molecule has 0 unspecified atom stereocenters. The molecule has 2 N–H and O–H groups in total. The standard InChI is InChI=1S/C22H24N4O2S/c1-15(2)17-5-7-18(8-6-17)22-26-19(14-29-22)21(28)24-11-9-20(27)25-13-16-4-3-10-23-12-16/h3-8,10,12,14-15H,9,11,13H2,1-2H3,(H,24,28)(H,25,27). The molecule has 2 aromatic heterocycles. The van der Waals surface area contributed by atoms with E-state index < -0.39 is 0 Å². The maximum absolute atomic E-state index is 12.3. The normalized spacial score (nSPS) is 10.7. The number of nitrogens with zero attached hydrogens (tertiary/aromatic N) is 2. The van der Waals surface area contributed by atoms with Crippen LogP contribution in [0.1, 0.15) is 47.8 Å². The number of rotatable bonds is 8. The number of hydrogen-bond acceptors (Lipinski definition) is 5. The molecule has 29 heavy (non-hydrogen) atoms. The highest BCUT2D eigenvalue weighted by Crippen LogP contribution is 2.25. The monoisotopic (exact) mass is 408 g/mol. The highest BCUT2D eigenvalue weighted by molar-refractivity contribution is 7.13. The molecule has 2 heterocycles. The molecule has 6 nitrogen and oxygen atoms in total. The maximum Gasteiger partial charge on any atom is 0.270 e. The van der Waals surface area contributed by atoms with Crippen LogP contribution in [0.3, 0.4) is 0 Å². The molecule has 0 saturated heterocycles. The van der Waals surface area contributed by atoms with Gasteiger partial charge in [0, 0.05) is 42.8 Å². The van der Waals surface area contributed by atoms with Crippen LogP contribution in [0.5, 0.6) is 0 Å². The van der Waals surface area contributed by atoms with E-state index >= 15 is 0 Å². The van der Waals surface area contributed by atoms with Gasteiger partial charge in [-0.15, -0.1) is 11.3 Å². The van der Waals surface area contributed by atoms with Crippen molar-refractivity contribution >= 4 is 23.2 Å². The highest BCUT2D eigenvalue weighted by atomic mass is 32.1. The van der Waals surface area contributed by atoms with Crippen molar-refractivity contribution in [2.45, 2.75) is 32.7 Å². The molecular formula is C22H24N4O2S. The van der Waals surface area contributed by atoms with Gasteiger partial charge in [-0.1, -0.05) is 44.2 Å². The van der Waals surface area contributed by atoms with Crippen molar-refractivity contribution in [3.05, 3.63) is 71.0 Å². The fourth-order valence-corrected chi connectivity index (χ4v) is 3.50. The second-order valence-corrected chi connectivity index (χ2v) is 7.82. The summed E-state index contributed by atoms with van der Waals surface area (Å²) in [5, 5.41) is 8.10. The van der Waals surface area contributed by atoms with Crippen LogP contribution in [-0.4, -0.2) is 28.3 Å². The summed E-state index contributed by atoms with van der Waals surface area (Å²) >= 11 is 1.43. The van der Waals surface area contributed by atoms with Gasteiger partial charge >= 0.3 is 0 Å². The van der Waals surface area contributed by atoms with Gasteiger partial charge in [0.15, 0.2) is 0 Å². The lowest BCUT2D eigenvalue weighted by Crippen LogP contribution is -2.30. The number of aromatic nitrogens is 2. The van der Waals surface area contributed by atoms with Crippen LogP contribution in [0.15, 0.2) is 54.2 Å². The molecule has 0 spiro atoms. The predicted molar refractivity (Wildman–Crippen MR) is 115 cm³/mol. The van der Waals surface area contributed by atoms with E-state index in [0.717, 1.165) is 16.1 Å². The number of pyridine rings is 1. The minimum Gasteiger partial charge on any atom is -0.352 e.